The van der Waals surface area contributed by atoms with Crippen LogP contribution in [0.1, 0.15) is 24.6 Å². The third-order valence-electron chi connectivity index (χ3n) is 5.45. The molecule has 0 aromatic carbocycles. The first-order chi connectivity index (χ1) is 11.8. The smallest absolute Gasteiger partial charge is 0.133 e. The van der Waals surface area contributed by atoms with E-state index in [1.165, 1.54) is 12.8 Å². The Morgan fingerprint density at radius 3 is 2.21 bits per heavy atom. The van der Waals surface area contributed by atoms with Gasteiger partial charge in [-0.15, -0.1) is 0 Å². The number of pyridine rings is 1. The van der Waals surface area contributed by atoms with Gasteiger partial charge in [0.15, 0.2) is 0 Å². The van der Waals surface area contributed by atoms with E-state index in [-0.39, 0.29) is 0 Å². The molecule has 4 heterocycles. The zero-order chi connectivity index (χ0) is 16.1. The second kappa shape index (κ2) is 5.59. The molecule has 0 bridgehead atoms. The minimum absolute atomic E-state index is 0.610. The van der Waals surface area contributed by atoms with Crippen LogP contribution in [0.25, 0.3) is 0 Å². The molecule has 2 aliphatic heterocycles. The van der Waals surface area contributed by atoms with E-state index in [0.717, 1.165) is 43.6 Å². The molecule has 3 fully saturated rings. The fourth-order valence-electron chi connectivity index (χ4n) is 4.00. The Balaban J connectivity index is 1.28. The van der Waals surface area contributed by atoms with E-state index < -0.39 is 0 Å². The van der Waals surface area contributed by atoms with Gasteiger partial charge in [0.2, 0.25) is 0 Å². The van der Waals surface area contributed by atoms with Gasteiger partial charge in [0, 0.05) is 56.3 Å². The maximum Gasteiger partial charge on any atom is 0.133 e. The van der Waals surface area contributed by atoms with Crippen LogP contribution in [0.4, 0.5) is 11.6 Å². The van der Waals surface area contributed by atoms with E-state index in [9.17, 15) is 0 Å². The van der Waals surface area contributed by atoms with Gasteiger partial charge < -0.3 is 9.80 Å². The normalized spacial score (nSPS) is 26.0. The van der Waals surface area contributed by atoms with Crippen molar-refractivity contribution in [2.24, 2.45) is 11.8 Å². The van der Waals surface area contributed by atoms with Crippen molar-refractivity contribution < 1.29 is 0 Å². The molecular formula is C18H20ClN5. The Kier molecular flexibility index (Phi) is 3.37. The van der Waals surface area contributed by atoms with E-state index in [1.54, 1.807) is 6.20 Å². The van der Waals surface area contributed by atoms with Crippen molar-refractivity contribution in [3.8, 4) is 0 Å². The molecule has 2 aromatic heterocycles. The first-order valence-electron chi connectivity index (χ1n) is 8.70. The SMILES string of the molecule is Clc1ccc(N2CC3CN(c4ccnc(C5CC5)n4)CC3C2)nc1. The van der Waals surface area contributed by atoms with E-state index >= 15 is 0 Å². The van der Waals surface area contributed by atoms with Crippen molar-refractivity contribution in [2.75, 3.05) is 36.0 Å². The van der Waals surface area contributed by atoms with Crippen molar-refractivity contribution in [3.05, 3.63) is 41.4 Å². The predicted octanol–water partition coefficient (Wildman–Crippen LogP) is 2.98. The highest BCUT2D eigenvalue weighted by Crippen LogP contribution is 2.39. The van der Waals surface area contributed by atoms with Gasteiger partial charge in [-0.1, -0.05) is 11.6 Å². The Morgan fingerprint density at radius 2 is 1.58 bits per heavy atom. The molecule has 2 unspecified atom stereocenters. The minimum Gasteiger partial charge on any atom is -0.356 e. The topological polar surface area (TPSA) is 45.2 Å². The van der Waals surface area contributed by atoms with Crippen LogP contribution in [0.15, 0.2) is 30.6 Å². The van der Waals surface area contributed by atoms with Crippen LogP contribution in [0.2, 0.25) is 5.02 Å². The quantitative estimate of drug-likeness (QED) is 0.858. The molecule has 0 N–H and O–H groups in total. The van der Waals surface area contributed by atoms with Gasteiger partial charge in [0.05, 0.1) is 5.02 Å². The largest absolute Gasteiger partial charge is 0.356 e. The highest BCUT2D eigenvalue weighted by Gasteiger charge is 2.41. The lowest BCUT2D eigenvalue weighted by Crippen LogP contribution is -2.29. The zero-order valence-electron chi connectivity index (χ0n) is 13.5. The van der Waals surface area contributed by atoms with E-state index in [0.29, 0.717) is 22.8 Å². The Labute approximate surface area is 146 Å². The van der Waals surface area contributed by atoms with Crippen molar-refractivity contribution in [1.82, 2.24) is 15.0 Å². The second-order valence-electron chi connectivity index (χ2n) is 7.21. The number of hydrogen-bond donors (Lipinski definition) is 0. The fraction of sp³-hybridized carbons (Fsp3) is 0.500. The van der Waals surface area contributed by atoms with Crippen LogP contribution >= 0.6 is 11.6 Å². The van der Waals surface area contributed by atoms with Crippen molar-refractivity contribution >= 4 is 23.2 Å². The molecule has 2 aromatic rings. The second-order valence-corrected chi connectivity index (χ2v) is 7.65. The molecule has 0 radical (unpaired) electrons. The molecular weight excluding hydrogens is 322 g/mol. The molecule has 5 nitrogen and oxygen atoms in total. The summed E-state index contributed by atoms with van der Waals surface area (Å²) < 4.78 is 0. The fourth-order valence-corrected chi connectivity index (χ4v) is 4.11. The van der Waals surface area contributed by atoms with Crippen LogP contribution < -0.4 is 9.80 Å². The standard InChI is InChI=1S/C18H20ClN5/c19-15-3-4-16(21-7-15)23-8-13-10-24(11-14(13)9-23)17-5-6-20-18(22-17)12-1-2-12/h3-7,12-14H,1-2,8-11H2. The molecule has 6 heteroatoms. The monoisotopic (exact) mass is 341 g/mol. The average molecular weight is 342 g/mol. The average Bonchev–Trinajstić information content (AvgIpc) is 3.26. The Bertz CT molecular complexity index is 731. The van der Waals surface area contributed by atoms with E-state index in [4.69, 9.17) is 16.6 Å². The summed E-state index contributed by atoms with van der Waals surface area (Å²) in [6.07, 6.45) is 6.15. The number of fused-ring (bicyclic) bond motifs is 1. The van der Waals surface area contributed by atoms with Gasteiger partial charge >= 0.3 is 0 Å². The van der Waals surface area contributed by atoms with Gasteiger partial charge in [-0.3, -0.25) is 0 Å². The van der Waals surface area contributed by atoms with Gasteiger partial charge in [0.1, 0.15) is 17.5 Å². The summed E-state index contributed by atoms with van der Waals surface area (Å²) in [6.45, 7) is 4.29. The van der Waals surface area contributed by atoms with Crippen molar-refractivity contribution in [3.63, 3.8) is 0 Å². The van der Waals surface area contributed by atoms with Gasteiger partial charge in [-0.2, -0.15) is 0 Å². The maximum atomic E-state index is 5.94. The molecule has 2 atom stereocenters. The highest BCUT2D eigenvalue weighted by atomic mass is 35.5. The van der Waals surface area contributed by atoms with Crippen LogP contribution in [0.3, 0.4) is 0 Å². The molecule has 0 amide bonds. The van der Waals surface area contributed by atoms with Crippen LogP contribution in [0, 0.1) is 11.8 Å². The summed E-state index contributed by atoms with van der Waals surface area (Å²) >= 11 is 5.94. The van der Waals surface area contributed by atoms with Crippen LogP contribution in [-0.4, -0.2) is 41.1 Å². The van der Waals surface area contributed by atoms with Crippen LogP contribution in [-0.2, 0) is 0 Å². The van der Waals surface area contributed by atoms with Crippen molar-refractivity contribution in [2.45, 2.75) is 18.8 Å². The predicted molar refractivity (Wildman–Crippen MR) is 94.7 cm³/mol. The molecule has 124 valence electrons. The van der Waals surface area contributed by atoms with E-state index in [1.807, 2.05) is 18.3 Å². The summed E-state index contributed by atoms with van der Waals surface area (Å²) in [6, 6.07) is 6.00. The number of aromatic nitrogens is 3. The molecule has 1 saturated carbocycles. The first kappa shape index (κ1) is 14.5. The molecule has 0 spiro atoms. The van der Waals surface area contributed by atoms with Gasteiger partial charge in [0.25, 0.3) is 0 Å². The maximum absolute atomic E-state index is 5.94. The Hall–Kier alpha value is -1.88. The zero-order valence-corrected chi connectivity index (χ0v) is 14.2. The van der Waals surface area contributed by atoms with Gasteiger partial charge in [-0.25, -0.2) is 15.0 Å². The van der Waals surface area contributed by atoms with Crippen LogP contribution in [0.5, 0.6) is 0 Å². The summed E-state index contributed by atoms with van der Waals surface area (Å²) in [5.41, 5.74) is 0. The Morgan fingerprint density at radius 1 is 0.875 bits per heavy atom. The van der Waals surface area contributed by atoms with E-state index in [2.05, 4.69) is 25.8 Å². The van der Waals surface area contributed by atoms with Gasteiger partial charge in [-0.05, 0) is 31.0 Å². The number of rotatable bonds is 3. The summed E-state index contributed by atoms with van der Waals surface area (Å²) in [7, 11) is 0. The summed E-state index contributed by atoms with van der Waals surface area (Å²) in [5.74, 6) is 5.16. The number of nitrogens with zero attached hydrogens (tertiary/aromatic N) is 5. The molecule has 5 rings (SSSR count). The third-order valence-corrected chi connectivity index (χ3v) is 5.67. The lowest BCUT2D eigenvalue weighted by Gasteiger charge is -2.23. The molecule has 1 aliphatic carbocycles. The summed E-state index contributed by atoms with van der Waals surface area (Å²) in [4.78, 5) is 18.5. The van der Waals surface area contributed by atoms with Crippen molar-refractivity contribution in [1.29, 1.82) is 0 Å². The number of halogens is 1. The highest BCUT2D eigenvalue weighted by molar-refractivity contribution is 6.30. The number of anilines is 2. The molecule has 24 heavy (non-hydrogen) atoms. The summed E-state index contributed by atoms with van der Waals surface area (Å²) in [5, 5.41) is 0.694. The molecule has 3 aliphatic rings. The third kappa shape index (κ3) is 2.61. The molecule has 2 saturated heterocycles. The lowest BCUT2D eigenvalue weighted by atomic mass is 10.0. The lowest BCUT2D eigenvalue weighted by molar-refractivity contribution is 0.533. The first-order valence-corrected chi connectivity index (χ1v) is 9.08. The number of hydrogen-bond acceptors (Lipinski definition) is 5. The minimum atomic E-state index is 0.610.